The fourth-order valence-corrected chi connectivity index (χ4v) is 5.70. The van der Waals surface area contributed by atoms with Gasteiger partial charge in [-0.05, 0) is 30.2 Å². The molecule has 2 aliphatic rings. The fourth-order valence-electron chi connectivity index (χ4n) is 4.31. The number of hydrogen-bond acceptors (Lipinski definition) is 9. The highest BCUT2D eigenvalue weighted by Gasteiger charge is 2.43. The van der Waals surface area contributed by atoms with Crippen LogP contribution in [0.4, 0.5) is 10.2 Å². The number of nitrogens with two attached hydrogens (primary N) is 1. The van der Waals surface area contributed by atoms with Crippen molar-refractivity contribution in [2.45, 2.75) is 30.7 Å². The highest BCUT2D eigenvalue weighted by atomic mass is 32.2. The lowest BCUT2D eigenvalue weighted by molar-refractivity contribution is 0.215. The summed E-state index contributed by atoms with van der Waals surface area (Å²) >= 11 is 0. The molecule has 1 fully saturated rings. The molecular formula is C20H19FN8O3S. The van der Waals surface area contributed by atoms with Gasteiger partial charge in [-0.1, -0.05) is 6.07 Å². The topological polar surface area (TPSA) is 161 Å². The number of hydrazine groups is 1. The Bertz CT molecular complexity index is 1430. The predicted octanol–water partition coefficient (Wildman–Crippen LogP) is 1.01. The molecule has 0 amide bonds. The van der Waals surface area contributed by atoms with Crippen molar-refractivity contribution in [2.24, 2.45) is 7.05 Å². The summed E-state index contributed by atoms with van der Waals surface area (Å²) in [5.74, 6) is -0.470. The van der Waals surface area contributed by atoms with E-state index >= 15 is 0 Å². The molecule has 1 saturated heterocycles. The van der Waals surface area contributed by atoms with Gasteiger partial charge in [0.05, 0.1) is 29.2 Å². The first-order valence-electron chi connectivity index (χ1n) is 10.0. The van der Waals surface area contributed by atoms with Crippen LogP contribution in [0.3, 0.4) is 0 Å². The molecule has 4 N–H and O–H groups in total. The molecule has 33 heavy (non-hydrogen) atoms. The molecular weight excluding hydrogens is 451 g/mol. The summed E-state index contributed by atoms with van der Waals surface area (Å²) in [6.07, 6.45) is 0.604. The minimum Gasteiger partial charge on any atom is -0.467 e. The number of aromatic nitrogens is 4. The van der Waals surface area contributed by atoms with Crippen LogP contribution in [0, 0.1) is 17.1 Å². The van der Waals surface area contributed by atoms with Crippen molar-refractivity contribution in [3.05, 3.63) is 52.7 Å². The smallest absolute Gasteiger partial charge is 0.258 e. The second-order valence-electron chi connectivity index (χ2n) is 7.90. The first-order valence-corrected chi connectivity index (χ1v) is 11.5. The third-order valence-corrected chi connectivity index (χ3v) is 7.52. The maximum absolute atomic E-state index is 14.2. The average molecular weight is 470 g/mol. The van der Waals surface area contributed by atoms with Gasteiger partial charge in [0.1, 0.15) is 28.9 Å². The zero-order valence-electron chi connectivity index (χ0n) is 17.6. The van der Waals surface area contributed by atoms with E-state index in [1.54, 1.807) is 14.0 Å². The lowest BCUT2D eigenvalue weighted by Gasteiger charge is -2.24. The van der Waals surface area contributed by atoms with Crippen LogP contribution < -0.4 is 20.7 Å². The van der Waals surface area contributed by atoms with Crippen LogP contribution in [-0.2, 0) is 23.5 Å². The van der Waals surface area contributed by atoms with Gasteiger partial charge in [0.15, 0.2) is 5.82 Å². The van der Waals surface area contributed by atoms with Gasteiger partial charge in [0, 0.05) is 13.5 Å². The van der Waals surface area contributed by atoms with Gasteiger partial charge in [-0.3, -0.25) is 4.68 Å². The lowest BCUT2D eigenvalue weighted by Crippen LogP contribution is -2.28. The third-order valence-electron chi connectivity index (χ3n) is 5.88. The zero-order valence-corrected chi connectivity index (χ0v) is 18.4. The molecule has 2 aliphatic heterocycles. The van der Waals surface area contributed by atoms with Crippen LogP contribution in [0.25, 0.3) is 11.3 Å². The number of ether oxygens (including phenoxy) is 1. The van der Waals surface area contributed by atoms with Gasteiger partial charge in [0.2, 0.25) is 10.0 Å². The number of halogens is 1. The van der Waals surface area contributed by atoms with Crippen molar-refractivity contribution in [3.8, 4) is 23.2 Å². The van der Waals surface area contributed by atoms with E-state index in [0.717, 1.165) is 0 Å². The molecule has 3 unspecified atom stereocenters. The number of hydrogen-bond donors (Lipinski definition) is 3. The molecule has 1 aromatic carbocycles. The number of nitrogens with zero attached hydrogens (tertiary/aromatic N) is 5. The van der Waals surface area contributed by atoms with Gasteiger partial charge in [-0.2, -0.15) is 15.2 Å². The highest BCUT2D eigenvalue weighted by molar-refractivity contribution is 7.90. The molecule has 3 atom stereocenters. The molecule has 0 aliphatic carbocycles. The summed E-state index contributed by atoms with van der Waals surface area (Å²) in [6.45, 7) is 1.68. The van der Waals surface area contributed by atoms with Crippen LogP contribution in [0.5, 0.6) is 5.88 Å². The normalized spacial score (nSPS) is 23.2. The van der Waals surface area contributed by atoms with Crippen LogP contribution >= 0.6 is 0 Å². The van der Waals surface area contributed by atoms with E-state index < -0.39 is 33.2 Å². The monoisotopic (exact) mass is 470 g/mol. The summed E-state index contributed by atoms with van der Waals surface area (Å²) in [6, 6.07) is 5.43. The lowest BCUT2D eigenvalue weighted by atomic mass is 9.92. The number of sulfonamides is 1. The molecule has 2 bridgehead atoms. The van der Waals surface area contributed by atoms with Crippen molar-refractivity contribution >= 4 is 15.8 Å². The van der Waals surface area contributed by atoms with E-state index in [2.05, 4.69) is 31.4 Å². The highest BCUT2D eigenvalue weighted by Crippen LogP contribution is 2.38. The molecule has 2 aromatic heterocycles. The Hall–Kier alpha value is -3.60. The Balaban J connectivity index is 1.81. The number of anilines is 1. The van der Waals surface area contributed by atoms with Crippen LogP contribution in [0.15, 0.2) is 24.4 Å². The van der Waals surface area contributed by atoms with Crippen molar-refractivity contribution < 1.29 is 17.5 Å². The van der Waals surface area contributed by atoms with Gasteiger partial charge < -0.3 is 10.5 Å². The van der Waals surface area contributed by atoms with E-state index in [4.69, 9.17) is 10.5 Å². The third kappa shape index (κ3) is 3.39. The molecule has 3 aromatic rings. The maximum atomic E-state index is 14.2. The summed E-state index contributed by atoms with van der Waals surface area (Å²) in [5.41, 5.74) is 10.9. The van der Waals surface area contributed by atoms with Gasteiger partial charge >= 0.3 is 0 Å². The van der Waals surface area contributed by atoms with Crippen molar-refractivity contribution in [1.29, 1.82) is 5.26 Å². The molecule has 170 valence electrons. The van der Waals surface area contributed by atoms with Crippen molar-refractivity contribution in [1.82, 2.24) is 30.0 Å². The van der Waals surface area contributed by atoms with E-state index in [9.17, 15) is 18.1 Å². The molecule has 0 saturated carbocycles. The summed E-state index contributed by atoms with van der Waals surface area (Å²) in [7, 11) is -2.23. The maximum Gasteiger partial charge on any atom is 0.258 e. The Morgan fingerprint density at radius 1 is 1.36 bits per heavy atom. The number of benzene rings is 1. The van der Waals surface area contributed by atoms with Crippen molar-refractivity contribution in [3.63, 3.8) is 0 Å². The largest absolute Gasteiger partial charge is 0.467 e. The molecule has 11 nitrogen and oxygen atoms in total. The van der Waals surface area contributed by atoms with E-state index in [0.29, 0.717) is 22.4 Å². The fraction of sp³-hybridized carbons (Fsp3) is 0.300. The molecule has 4 heterocycles. The van der Waals surface area contributed by atoms with Crippen LogP contribution in [0.1, 0.15) is 41.6 Å². The quantitative estimate of drug-likeness (QED) is 0.435. The SMILES string of the molecule is CC1Oc2nc(cnc2N)-c2c(nn(C)c2C#N)CC2C(NNS2(=O)=O)c2ccc(F)cc21. The first kappa shape index (κ1) is 21.3. The molecule has 13 heteroatoms. The minimum absolute atomic E-state index is 0.0103. The Morgan fingerprint density at radius 2 is 2.15 bits per heavy atom. The van der Waals surface area contributed by atoms with Gasteiger partial charge in [-0.15, -0.1) is 0 Å². The number of rotatable bonds is 0. The molecule has 0 spiro atoms. The van der Waals surface area contributed by atoms with E-state index in [-0.39, 0.29) is 29.5 Å². The molecule has 5 rings (SSSR count). The second-order valence-corrected chi connectivity index (χ2v) is 9.80. The second kappa shape index (κ2) is 7.48. The Kier molecular flexibility index (Phi) is 4.82. The van der Waals surface area contributed by atoms with Gasteiger partial charge in [0.25, 0.3) is 5.88 Å². The summed E-state index contributed by atoms with van der Waals surface area (Å²) in [5, 5.41) is 13.1. The van der Waals surface area contributed by atoms with Crippen LogP contribution in [-0.4, -0.2) is 33.4 Å². The number of fused-ring (bicyclic) bond motifs is 7. The average Bonchev–Trinajstić information content (AvgIpc) is 3.24. The number of aryl methyl sites for hydroxylation is 1. The van der Waals surface area contributed by atoms with E-state index in [1.165, 1.54) is 29.1 Å². The van der Waals surface area contributed by atoms with Crippen LogP contribution in [0.2, 0.25) is 0 Å². The van der Waals surface area contributed by atoms with E-state index in [1.807, 2.05) is 0 Å². The molecule has 0 radical (unpaired) electrons. The predicted molar refractivity (Wildman–Crippen MR) is 114 cm³/mol. The number of nitriles is 1. The number of nitrogens with one attached hydrogen (secondary N) is 2. The summed E-state index contributed by atoms with van der Waals surface area (Å²) in [4.78, 5) is 10.9. The Labute approximate surface area is 188 Å². The summed E-state index contributed by atoms with van der Waals surface area (Å²) < 4.78 is 47.4. The minimum atomic E-state index is -3.82. The van der Waals surface area contributed by atoms with Crippen molar-refractivity contribution in [2.75, 3.05) is 5.73 Å². The first-order chi connectivity index (χ1) is 15.7. The number of nitrogen functional groups attached to an aromatic ring is 1. The van der Waals surface area contributed by atoms with Gasteiger partial charge in [-0.25, -0.2) is 28.2 Å². The Morgan fingerprint density at radius 3 is 2.91 bits per heavy atom. The standard InChI is InChI=1S/C20H19FN8O3S/c1-9-12-5-10(21)3-4-11(12)18-16(33(30,31)28-26-18)6-13-17(15(7-22)29(2)27-13)14-8-24-19(23)20(25-14)32-9/h3-5,8-9,16,18,26,28H,6H2,1-2H3,(H2,23,24). The zero-order chi connectivity index (χ0) is 23.5.